The second-order valence-electron chi connectivity index (χ2n) is 9.07. The summed E-state index contributed by atoms with van der Waals surface area (Å²) in [7, 11) is -5.80. The molecule has 1 saturated heterocycles. The zero-order valence-electron chi connectivity index (χ0n) is 21.2. The highest BCUT2D eigenvalue weighted by Crippen LogP contribution is 2.32. The molecule has 38 heavy (non-hydrogen) atoms. The van der Waals surface area contributed by atoms with Crippen LogP contribution in [0.2, 0.25) is 0 Å². The summed E-state index contributed by atoms with van der Waals surface area (Å²) in [4.78, 5) is 13.6. The summed E-state index contributed by atoms with van der Waals surface area (Å²) in [5.41, 5.74) is 2.70. The number of sulfonamides is 2. The molecule has 8 nitrogen and oxygen atoms in total. The number of carbonyl (C=O) groups is 1. The van der Waals surface area contributed by atoms with Crippen molar-refractivity contribution in [1.29, 1.82) is 0 Å². The Labute approximate surface area is 229 Å². The van der Waals surface area contributed by atoms with Crippen molar-refractivity contribution in [2.24, 2.45) is 0 Å². The van der Waals surface area contributed by atoms with Crippen molar-refractivity contribution in [1.82, 2.24) is 13.9 Å². The first kappa shape index (κ1) is 28.3. The Morgan fingerprint density at radius 2 is 1.53 bits per heavy atom. The number of rotatable bonds is 10. The molecule has 1 aliphatic rings. The monoisotopic (exact) mass is 573 g/mol. The van der Waals surface area contributed by atoms with E-state index in [1.807, 2.05) is 60.7 Å². The summed E-state index contributed by atoms with van der Waals surface area (Å²) in [6.07, 6.45) is 1.47. The molecule has 0 aromatic heterocycles. The molecule has 1 heterocycles. The number of benzene rings is 3. The fourth-order valence-electron chi connectivity index (χ4n) is 4.22. The third-order valence-electron chi connectivity index (χ3n) is 6.46. The highest BCUT2D eigenvalue weighted by Gasteiger charge is 2.40. The van der Waals surface area contributed by atoms with E-state index in [9.17, 15) is 21.6 Å². The molecule has 0 bridgehead atoms. The van der Waals surface area contributed by atoms with Crippen LogP contribution < -0.4 is 5.32 Å². The third-order valence-corrected chi connectivity index (χ3v) is 11.0. The zero-order valence-corrected chi connectivity index (χ0v) is 23.7. The predicted molar refractivity (Wildman–Crippen MR) is 151 cm³/mol. The summed E-state index contributed by atoms with van der Waals surface area (Å²) < 4.78 is 53.3. The van der Waals surface area contributed by atoms with Crippen molar-refractivity contribution in [3.63, 3.8) is 0 Å². The number of hydrogen-bond donors (Lipinski definition) is 1. The van der Waals surface area contributed by atoms with E-state index in [1.54, 1.807) is 24.3 Å². The lowest BCUT2D eigenvalue weighted by Crippen LogP contribution is -2.46. The molecule has 1 N–H and O–H groups in total. The van der Waals surface area contributed by atoms with Crippen LogP contribution in [-0.4, -0.2) is 68.9 Å². The second-order valence-corrected chi connectivity index (χ2v) is 14.2. The maximum absolute atomic E-state index is 13.5. The summed E-state index contributed by atoms with van der Waals surface area (Å²) in [6.45, 7) is 0.421. The van der Waals surface area contributed by atoms with Crippen LogP contribution in [0.5, 0.6) is 0 Å². The molecule has 0 spiro atoms. The molecule has 0 saturated carbocycles. The van der Waals surface area contributed by atoms with E-state index in [2.05, 4.69) is 5.32 Å². The van der Waals surface area contributed by atoms with E-state index in [-0.39, 0.29) is 18.0 Å². The van der Waals surface area contributed by atoms with Gasteiger partial charge in [-0.25, -0.2) is 21.1 Å². The van der Waals surface area contributed by atoms with Gasteiger partial charge in [-0.15, -0.1) is 11.8 Å². The zero-order chi connectivity index (χ0) is 27.3. The molecule has 0 radical (unpaired) electrons. The number of nitrogens with zero attached hydrogens (tertiary/aromatic N) is 2. The molecule has 2 atom stereocenters. The molecular weight excluding hydrogens is 543 g/mol. The predicted octanol–water partition coefficient (Wildman–Crippen LogP) is 3.56. The third kappa shape index (κ3) is 6.65. The molecule has 1 aliphatic heterocycles. The molecule has 1 fully saturated rings. The molecule has 3 aromatic rings. The van der Waals surface area contributed by atoms with Gasteiger partial charge in [0.1, 0.15) is 5.37 Å². The van der Waals surface area contributed by atoms with E-state index in [0.29, 0.717) is 12.2 Å². The topological polar surface area (TPSA) is 104 Å². The quantitative estimate of drug-likeness (QED) is 0.398. The Bertz CT molecular complexity index is 1450. The molecule has 0 unspecified atom stereocenters. The van der Waals surface area contributed by atoms with Crippen LogP contribution in [0, 0.1) is 0 Å². The van der Waals surface area contributed by atoms with Gasteiger partial charge in [-0.2, -0.15) is 4.31 Å². The summed E-state index contributed by atoms with van der Waals surface area (Å²) >= 11 is 1.27. The number of thioether (sulfide) groups is 1. The van der Waals surface area contributed by atoms with Gasteiger partial charge < -0.3 is 5.32 Å². The minimum atomic E-state index is -3.91. The van der Waals surface area contributed by atoms with Gasteiger partial charge in [0, 0.05) is 25.9 Å². The average Bonchev–Trinajstić information content (AvgIpc) is 3.43. The highest BCUT2D eigenvalue weighted by molar-refractivity contribution is 8.02. The van der Waals surface area contributed by atoms with Gasteiger partial charge in [0.05, 0.1) is 17.2 Å². The Morgan fingerprint density at radius 3 is 2.13 bits per heavy atom. The number of nitrogens with one attached hydrogen (secondary N) is 1. The molecule has 3 aromatic carbocycles. The lowest BCUT2D eigenvalue weighted by atomic mass is 10.0. The largest absolute Gasteiger partial charge is 0.347 e. The van der Waals surface area contributed by atoms with Crippen LogP contribution in [0.3, 0.4) is 0 Å². The fraction of sp³-hybridized carbons (Fsp3) is 0.296. The standard InChI is InChI=1S/C27H31N3O5S3/c1-29(37(2,32)33)18-17-25(23-11-7-4-8-12-23)28-26(31)27-30(19-20-36-27)38(34,35)24-15-13-22(14-16-24)21-9-5-3-6-10-21/h3-16,25,27H,17-20H2,1-2H3,(H,28,31)/t25-,27-/m0/s1. The highest BCUT2D eigenvalue weighted by atomic mass is 32.2. The van der Waals surface area contributed by atoms with E-state index in [0.717, 1.165) is 22.9 Å². The minimum Gasteiger partial charge on any atom is -0.347 e. The summed E-state index contributed by atoms with van der Waals surface area (Å²) in [5.74, 6) is 0.0690. The van der Waals surface area contributed by atoms with Crippen molar-refractivity contribution in [2.45, 2.75) is 22.7 Å². The van der Waals surface area contributed by atoms with Gasteiger partial charge in [-0.1, -0.05) is 72.8 Å². The summed E-state index contributed by atoms with van der Waals surface area (Å²) in [6, 6.07) is 25.1. The molecule has 1 amide bonds. The molecular formula is C27H31N3O5S3. The Balaban J connectivity index is 1.51. The van der Waals surface area contributed by atoms with Crippen LogP contribution in [0.25, 0.3) is 11.1 Å². The first-order chi connectivity index (χ1) is 18.1. The number of amides is 1. The van der Waals surface area contributed by atoms with Crippen molar-refractivity contribution < 1.29 is 21.6 Å². The SMILES string of the molecule is CN(CC[C@H](NC(=O)[C@@H]1SCCN1S(=O)(=O)c1ccc(-c2ccccc2)cc1)c1ccccc1)S(C)(=O)=O. The van der Waals surface area contributed by atoms with Crippen molar-refractivity contribution in [3.05, 3.63) is 90.5 Å². The molecule has 4 rings (SSSR count). The first-order valence-electron chi connectivity index (χ1n) is 12.1. The Hall–Kier alpha value is -2.70. The van der Waals surface area contributed by atoms with Crippen molar-refractivity contribution in [2.75, 3.05) is 32.1 Å². The van der Waals surface area contributed by atoms with Crippen molar-refractivity contribution >= 4 is 37.7 Å². The van der Waals surface area contributed by atoms with Gasteiger partial charge in [-0.3, -0.25) is 4.79 Å². The lowest BCUT2D eigenvalue weighted by molar-refractivity contribution is -0.123. The Kier molecular flexibility index (Phi) is 8.94. The maximum atomic E-state index is 13.5. The van der Waals surface area contributed by atoms with Gasteiger partial charge >= 0.3 is 0 Å². The van der Waals surface area contributed by atoms with Gasteiger partial charge in [0.25, 0.3) is 0 Å². The van der Waals surface area contributed by atoms with Crippen molar-refractivity contribution in [3.8, 4) is 11.1 Å². The molecule has 11 heteroatoms. The van der Waals surface area contributed by atoms with Gasteiger partial charge in [0.15, 0.2) is 0 Å². The van der Waals surface area contributed by atoms with Crippen LogP contribution in [0.1, 0.15) is 18.0 Å². The fourth-order valence-corrected chi connectivity index (χ4v) is 7.74. The lowest BCUT2D eigenvalue weighted by Gasteiger charge is -2.27. The average molecular weight is 574 g/mol. The normalized spacial score (nSPS) is 17.4. The van der Waals surface area contributed by atoms with E-state index >= 15 is 0 Å². The Morgan fingerprint density at radius 1 is 0.947 bits per heavy atom. The maximum Gasteiger partial charge on any atom is 0.249 e. The summed E-state index contributed by atoms with van der Waals surface area (Å²) in [5, 5.41) is 2.06. The second kappa shape index (κ2) is 12.0. The van der Waals surface area contributed by atoms with E-state index < -0.39 is 37.4 Å². The molecule has 0 aliphatic carbocycles. The minimum absolute atomic E-state index is 0.131. The van der Waals surface area contributed by atoms with Crippen LogP contribution in [-0.2, 0) is 24.8 Å². The smallest absolute Gasteiger partial charge is 0.249 e. The van der Waals surface area contributed by atoms with E-state index in [1.165, 1.54) is 27.4 Å². The number of carbonyl (C=O) groups excluding carboxylic acids is 1. The first-order valence-corrected chi connectivity index (χ1v) is 16.5. The van der Waals surface area contributed by atoms with Crippen LogP contribution in [0.15, 0.2) is 89.8 Å². The van der Waals surface area contributed by atoms with Gasteiger partial charge in [0.2, 0.25) is 26.0 Å². The van der Waals surface area contributed by atoms with Crippen LogP contribution in [0.4, 0.5) is 0 Å². The molecule has 202 valence electrons. The van der Waals surface area contributed by atoms with Gasteiger partial charge in [-0.05, 0) is 35.2 Å². The van der Waals surface area contributed by atoms with E-state index in [4.69, 9.17) is 0 Å². The van der Waals surface area contributed by atoms with Crippen LogP contribution >= 0.6 is 11.8 Å². The number of hydrogen-bond acceptors (Lipinski definition) is 6.